The monoisotopic (exact) mass is 335 g/mol. The zero-order valence-electron chi connectivity index (χ0n) is 14.4. The molecule has 0 saturated carbocycles. The second-order valence-electron chi connectivity index (χ2n) is 5.69. The Morgan fingerprint density at radius 1 is 1.08 bits per heavy atom. The van der Waals surface area contributed by atoms with Crippen molar-refractivity contribution in [2.75, 3.05) is 6.54 Å². The normalized spacial score (nSPS) is 11.2. The maximum atomic E-state index is 12.7. The first-order valence-corrected chi connectivity index (χ1v) is 8.25. The van der Waals surface area contributed by atoms with Gasteiger partial charge in [-0.15, -0.1) is 0 Å². The molecule has 1 atom stereocenters. The Morgan fingerprint density at radius 2 is 1.72 bits per heavy atom. The molecule has 0 spiro atoms. The molecule has 0 aromatic heterocycles. The second-order valence-corrected chi connectivity index (χ2v) is 5.69. The van der Waals surface area contributed by atoms with Crippen LogP contribution in [0.15, 0.2) is 48.5 Å². The molecule has 128 valence electrons. The molecule has 0 aliphatic heterocycles. The van der Waals surface area contributed by atoms with Crippen LogP contribution in [0.4, 0.5) is 0 Å². The van der Waals surface area contributed by atoms with Crippen molar-refractivity contribution in [3.8, 4) is 17.2 Å². The predicted octanol–water partition coefficient (Wildman–Crippen LogP) is 2.87. The van der Waals surface area contributed by atoms with Crippen molar-refractivity contribution in [2.24, 2.45) is 0 Å². The SMILES string of the molecule is CCCNC(=O)[C@H](C)NC(=O)c1ccccc1-c1ccccc1C#N. The highest BCUT2D eigenvalue weighted by Gasteiger charge is 2.19. The number of hydrogen-bond donors (Lipinski definition) is 2. The van der Waals surface area contributed by atoms with E-state index in [1.54, 1.807) is 37.3 Å². The van der Waals surface area contributed by atoms with E-state index in [1.807, 2.05) is 25.1 Å². The minimum absolute atomic E-state index is 0.217. The molecule has 5 heteroatoms. The van der Waals surface area contributed by atoms with Gasteiger partial charge in [-0.1, -0.05) is 43.3 Å². The minimum atomic E-state index is -0.640. The quantitative estimate of drug-likeness (QED) is 0.851. The highest BCUT2D eigenvalue weighted by Crippen LogP contribution is 2.26. The summed E-state index contributed by atoms with van der Waals surface area (Å²) in [5.41, 5.74) is 2.29. The van der Waals surface area contributed by atoms with Gasteiger partial charge in [0.15, 0.2) is 0 Å². The van der Waals surface area contributed by atoms with E-state index in [0.29, 0.717) is 28.8 Å². The number of carbonyl (C=O) groups excluding carboxylic acids is 2. The summed E-state index contributed by atoms with van der Waals surface area (Å²) >= 11 is 0. The molecule has 2 N–H and O–H groups in total. The Kier molecular flexibility index (Phi) is 6.30. The van der Waals surface area contributed by atoms with E-state index in [1.165, 1.54) is 0 Å². The van der Waals surface area contributed by atoms with Crippen molar-refractivity contribution in [1.82, 2.24) is 10.6 Å². The third-order valence-electron chi connectivity index (χ3n) is 3.80. The maximum absolute atomic E-state index is 12.7. The molecule has 2 aromatic rings. The van der Waals surface area contributed by atoms with Gasteiger partial charge >= 0.3 is 0 Å². The zero-order valence-corrected chi connectivity index (χ0v) is 14.4. The third-order valence-corrected chi connectivity index (χ3v) is 3.80. The lowest BCUT2D eigenvalue weighted by Gasteiger charge is -2.16. The van der Waals surface area contributed by atoms with Gasteiger partial charge < -0.3 is 10.6 Å². The molecule has 2 amide bonds. The molecular weight excluding hydrogens is 314 g/mol. The standard InChI is InChI=1S/C20H21N3O2/c1-3-12-22-19(24)14(2)23-20(25)18-11-7-6-10-17(18)16-9-5-4-8-15(16)13-21/h4-11,14H,3,12H2,1-2H3,(H,22,24)(H,23,25)/t14-/m0/s1. The molecule has 2 aromatic carbocycles. The summed E-state index contributed by atoms with van der Waals surface area (Å²) in [7, 11) is 0. The Balaban J connectivity index is 2.27. The van der Waals surface area contributed by atoms with Crippen molar-refractivity contribution < 1.29 is 9.59 Å². The van der Waals surface area contributed by atoms with Crippen LogP contribution in [0.3, 0.4) is 0 Å². The lowest BCUT2D eigenvalue weighted by atomic mass is 9.95. The number of nitrogens with one attached hydrogen (secondary N) is 2. The highest BCUT2D eigenvalue weighted by molar-refractivity contribution is 6.03. The predicted molar refractivity (Wildman–Crippen MR) is 96.8 cm³/mol. The van der Waals surface area contributed by atoms with Crippen LogP contribution in [0.5, 0.6) is 0 Å². The molecule has 25 heavy (non-hydrogen) atoms. The largest absolute Gasteiger partial charge is 0.354 e. The van der Waals surface area contributed by atoms with Crippen molar-refractivity contribution in [3.05, 3.63) is 59.7 Å². The van der Waals surface area contributed by atoms with E-state index in [0.717, 1.165) is 6.42 Å². The van der Waals surface area contributed by atoms with Gasteiger partial charge in [0, 0.05) is 17.7 Å². The molecule has 0 unspecified atom stereocenters. The van der Waals surface area contributed by atoms with Crippen LogP contribution in [0, 0.1) is 11.3 Å². The third kappa shape index (κ3) is 4.45. The number of nitriles is 1. The van der Waals surface area contributed by atoms with Crippen molar-refractivity contribution in [1.29, 1.82) is 5.26 Å². The number of hydrogen-bond acceptors (Lipinski definition) is 3. The fraction of sp³-hybridized carbons (Fsp3) is 0.250. The van der Waals surface area contributed by atoms with Gasteiger partial charge in [0.2, 0.25) is 5.91 Å². The molecule has 0 aliphatic carbocycles. The Morgan fingerprint density at radius 3 is 2.40 bits per heavy atom. The summed E-state index contributed by atoms with van der Waals surface area (Å²) < 4.78 is 0. The first kappa shape index (κ1) is 18.2. The molecule has 0 saturated heterocycles. The van der Waals surface area contributed by atoms with E-state index in [2.05, 4.69) is 16.7 Å². The Bertz CT molecular complexity index is 809. The fourth-order valence-electron chi connectivity index (χ4n) is 2.47. The summed E-state index contributed by atoms with van der Waals surface area (Å²) in [6, 6.07) is 15.7. The lowest BCUT2D eigenvalue weighted by molar-refractivity contribution is -0.122. The van der Waals surface area contributed by atoms with Gasteiger partial charge in [0.1, 0.15) is 6.04 Å². The van der Waals surface area contributed by atoms with Crippen LogP contribution < -0.4 is 10.6 Å². The van der Waals surface area contributed by atoms with Crippen LogP contribution in [0.2, 0.25) is 0 Å². The van der Waals surface area contributed by atoms with E-state index in [-0.39, 0.29) is 11.8 Å². The molecule has 5 nitrogen and oxygen atoms in total. The molecule has 0 heterocycles. The van der Waals surface area contributed by atoms with E-state index >= 15 is 0 Å². The minimum Gasteiger partial charge on any atom is -0.354 e. The summed E-state index contributed by atoms with van der Waals surface area (Å²) in [5, 5.41) is 14.8. The molecule has 0 fully saturated rings. The van der Waals surface area contributed by atoms with E-state index in [4.69, 9.17) is 0 Å². The van der Waals surface area contributed by atoms with E-state index in [9.17, 15) is 14.9 Å². The number of carbonyl (C=O) groups is 2. The molecule has 2 rings (SSSR count). The van der Waals surface area contributed by atoms with Gasteiger partial charge in [-0.05, 0) is 31.0 Å². The van der Waals surface area contributed by atoms with Gasteiger partial charge in [-0.2, -0.15) is 5.26 Å². The fourth-order valence-corrected chi connectivity index (χ4v) is 2.47. The first-order chi connectivity index (χ1) is 12.1. The van der Waals surface area contributed by atoms with Crippen LogP contribution in [-0.4, -0.2) is 24.4 Å². The first-order valence-electron chi connectivity index (χ1n) is 8.25. The van der Waals surface area contributed by atoms with Gasteiger partial charge in [0.25, 0.3) is 5.91 Å². The highest BCUT2D eigenvalue weighted by atomic mass is 16.2. The summed E-state index contributed by atoms with van der Waals surface area (Å²) in [4.78, 5) is 24.6. The summed E-state index contributed by atoms with van der Waals surface area (Å²) in [6.07, 6.45) is 0.834. The molecule has 0 radical (unpaired) electrons. The van der Waals surface area contributed by atoms with Crippen LogP contribution in [0.25, 0.3) is 11.1 Å². The Hall–Kier alpha value is -3.13. The number of nitrogens with zero attached hydrogens (tertiary/aromatic N) is 1. The smallest absolute Gasteiger partial charge is 0.252 e. The zero-order chi connectivity index (χ0) is 18.2. The van der Waals surface area contributed by atoms with Crippen LogP contribution in [-0.2, 0) is 4.79 Å². The topological polar surface area (TPSA) is 82.0 Å². The van der Waals surface area contributed by atoms with Gasteiger partial charge in [-0.25, -0.2) is 0 Å². The lowest BCUT2D eigenvalue weighted by Crippen LogP contribution is -2.45. The second kappa shape index (κ2) is 8.65. The summed E-state index contributed by atoms with van der Waals surface area (Å²) in [6.45, 7) is 4.19. The van der Waals surface area contributed by atoms with Crippen LogP contribution in [0.1, 0.15) is 36.2 Å². The Labute approximate surface area is 147 Å². The molecular formula is C20H21N3O2. The molecule has 0 aliphatic rings. The average Bonchev–Trinajstić information content (AvgIpc) is 2.65. The van der Waals surface area contributed by atoms with Crippen LogP contribution >= 0.6 is 0 Å². The number of benzene rings is 2. The maximum Gasteiger partial charge on any atom is 0.252 e. The van der Waals surface area contributed by atoms with Crippen molar-refractivity contribution in [3.63, 3.8) is 0 Å². The van der Waals surface area contributed by atoms with Gasteiger partial charge in [-0.3, -0.25) is 9.59 Å². The summed E-state index contributed by atoms with van der Waals surface area (Å²) in [5.74, 6) is -0.562. The average molecular weight is 335 g/mol. The van der Waals surface area contributed by atoms with Crippen molar-refractivity contribution in [2.45, 2.75) is 26.3 Å². The molecule has 0 bridgehead atoms. The van der Waals surface area contributed by atoms with Gasteiger partial charge in [0.05, 0.1) is 11.6 Å². The van der Waals surface area contributed by atoms with E-state index < -0.39 is 6.04 Å². The number of amides is 2. The van der Waals surface area contributed by atoms with Crippen molar-refractivity contribution >= 4 is 11.8 Å². The number of rotatable bonds is 6.